The highest BCUT2D eigenvalue weighted by Gasteiger charge is 2.37. The zero-order valence-electron chi connectivity index (χ0n) is 14.4. The Labute approximate surface area is 149 Å². The minimum absolute atomic E-state index is 0.243. The van der Waals surface area contributed by atoms with Gasteiger partial charge in [0.1, 0.15) is 5.69 Å². The average molecular weight is 364 g/mol. The van der Waals surface area contributed by atoms with E-state index in [1.165, 1.54) is 6.07 Å². The molecule has 1 aromatic carbocycles. The van der Waals surface area contributed by atoms with E-state index < -0.39 is 18.0 Å². The third-order valence-electron chi connectivity index (χ3n) is 4.93. The Bertz CT molecular complexity index is 847. The molecule has 1 aliphatic rings. The minimum atomic E-state index is -4.50. The summed E-state index contributed by atoms with van der Waals surface area (Å²) in [5.41, 5.74) is 1.74. The first kappa shape index (κ1) is 18.2. The fourth-order valence-electron chi connectivity index (χ4n) is 3.47. The maximum absolute atomic E-state index is 12.9. The maximum atomic E-state index is 12.9. The SMILES string of the molecule is CC1(C)CCc2cc(-c3ccnc(C(F)(F)F)c3)ccc2C1NC(=O)O. The van der Waals surface area contributed by atoms with E-state index in [1.807, 2.05) is 19.9 Å². The van der Waals surface area contributed by atoms with E-state index >= 15 is 0 Å². The summed E-state index contributed by atoms with van der Waals surface area (Å²) in [5, 5.41) is 11.7. The molecule has 0 radical (unpaired) electrons. The highest BCUT2D eigenvalue weighted by Crippen LogP contribution is 2.44. The number of halogens is 3. The summed E-state index contributed by atoms with van der Waals surface area (Å²) in [4.78, 5) is 14.5. The van der Waals surface area contributed by atoms with Crippen molar-refractivity contribution in [1.82, 2.24) is 10.3 Å². The van der Waals surface area contributed by atoms with Gasteiger partial charge in [-0.15, -0.1) is 0 Å². The number of alkyl halides is 3. The summed E-state index contributed by atoms with van der Waals surface area (Å²) in [6, 6.07) is 7.59. The first-order valence-corrected chi connectivity index (χ1v) is 8.24. The molecule has 26 heavy (non-hydrogen) atoms. The Morgan fingerprint density at radius 2 is 1.92 bits per heavy atom. The van der Waals surface area contributed by atoms with E-state index in [0.717, 1.165) is 36.2 Å². The Morgan fingerprint density at radius 1 is 1.23 bits per heavy atom. The molecule has 1 heterocycles. The van der Waals surface area contributed by atoms with Gasteiger partial charge in [-0.2, -0.15) is 13.2 Å². The molecule has 1 aliphatic carbocycles. The van der Waals surface area contributed by atoms with Crippen molar-refractivity contribution in [2.75, 3.05) is 0 Å². The number of carbonyl (C=O) groups is 1. The van der Waals surface area contributed by atoms with Crippen molar-refractivity contribution in [3.8, 4) is 11.1 Å². The van der Waals surface area contributed by atoms with Crippen LogP contribution in [-0.4, -0.2) is 16.2 Å². The van der Waals surface area contributed by atoms with Crippen molar-refractivity contribution in [1.29, 1.82) is 0 Å². The van der Waals surface area contributed by atoms with E-state index in [1.54, 1.807) is 12.1 Å². The molecule has 4 nitrogen and oxygen atoms in total. The lowest BCUT2D eigenvalue weighted by atomic mass is 9.70. The quantitative estimate of drug-likeness (QED) is 0.784. The topological polar surface area (TPSA) is 62.2 Å². The van der Waals surface area contributed by atoms with Crippen LogP contribution in [0.5, 0.6) is 0 Å². The van der Waals surface area contributed by atoms with Gasteiger partial charge in [0.25, 0.3) is 0 Å². The lowest BCUT2D eigenvalue weighted by Crippen LogP contribution is -2.40. The second-order valence-electron chi connectivity index (χ2n) is 7.21. The minimum Gasteiger partial charge on any atom is -0.465 e. The summed E-state index contributed by atoms with van der Waals surface area (Å²) >= 11 is 0. The molecule has 0 fully saturated rings. The molecule has 0 saturated heterocycles. The van der Waals surface area contributed by atoms with Crippen LogP contribution in [0, 0.1) is 5.41 Å². The van der Waals surface area contributed by atoms with Crippen LogP contribution in [0.25, 0.3) is 11.1 Å². The van der Waals surface area contributed by atoms with Gasteiger partial charge in [0.15, 0.2) is 0 Å². The normalized spacial score (nSPS) is 18.9. The lowest BCUT2D eigenvalue weighted by molar-refractivity contribution is -0.141. The third kappa shape index (κ3) is 3.52. The van der Waals surface area contributed by atoms with E-state index in [2.05, 4.69) is 10.3 Å². The molecule has 0 spiro atoms. The molecule has 0 bridgehead atoms. The second-order valence-corrected chi connectivity index (χ2v) is 7.21. The Morgan fingerprint density at radius 3 is 2.58 bits per heavy atom. The van der Waals surface area contributed by atoms with E-state index in [4.69, 9.17) is 5.11 Å². The molecular weight excluding hydrogens is 345 g/mol. The van der Waals surface area contributed by atoms with E-state index in [0.29, 0.717) is 11.1 Å². The van der Waals surface area contributed by atoms with Crippen LogP contribution in [-0.2, 0) is 12.6 Å². The van der Waals surface area contributed by atoms with Gasteiger partial charge < -0.3 is 10.4 Å². The first-order chi connectivity index (χ1) is 12.1. The number of carboxylic acid groups (broad SMARTS) is 1. The molecule has 0 aliphatic heterocycles. The number of rotatable bonds is 2. The zero-order chi connectivity index (χ0) is 19.1. The van der Waals surface area contributed by atoms with Crippen LogP contribution in [0.4, 0.5) is 18.0 Å². The summed E-state index contributed by atoms with van der Waals surface area (Å²) < 4.78 is 38.7. The van der Waals surface area contributed by atoms with Gasteiger partial charge in [0.2, 0.25) is 0 Å². The molecule has 1 aromatic heterocycles. The highest BCUT2D eigenvalue weighted by atomic mass is 19.4. The Kier molecular flexibility index (Phi) is 4.42. The predicted octanol–water partition coefficient (Wildman–Crippen LogP) is 5.05. The number of amides is 1. The maximum Gasteiger partial charge on any atom is 0.433 e. The molecule has 3 rings (SSSR count). The molecule has 2 aromatic rings. The number of benzene rings is 1. The Balaban J connectivity index is 2.01. The zero-order valence-corrected chi connectivity index (χ0v) is 14.4. The van der Waals surface area contributed by atoms with E-state index in [-0.39, 0.29) is 11.5 Å². The van der Waals surface area contributed by atoms with Gasteiger partial charge in [-0.05, 0) is 52.6 Å². The molecule has 0 saturated carbocycles. The molecule has 1 amide bonds. The third-order valence-corrected chi connectivity index (χ3v) is 4.93. The molecule has 1 unspecified atom stereocenters. The van der Waals surface area contributed by atoms with Crippen molar-refractivity contribution in [2.45, 2.75) is 38.9 Å². The van der Waals surface area contributed by atoms with Gasteiger partial charge in [0, 0.05) is 6.20 Å². The van der Waals surface area contributed by atoms with Crippen LogP contribution in [0.15, 0.2) is 36.5 Å². The number of nitrogens with one attached hydrogen (secondary N) is 1. The highest BCUT2D eigenvalue weighted by molar-refractivity contribution is 5.68. The summed E-state index contributed by atoms with van der Waals surface area (Å²) in [7, 11) is 0. The van der Waals surface area contributed by atoms with Gasteiger partial charge in [0.05, 0.1) is 6.04 Å². The fourth-order valence-corrected chi connectivity index (χ4v) is 3.47. The van der Waals surface area contributed by atoms with E-state index in [9.17, 15) is 18.0 Å². The Hall–Kier alpha value is -2.57. The number of hydrogen-bond acceptors (Lipinski definition) is 2. The number of fused-ring (bicyclic) bond motifs is 1. The molecule has 1 atom stereocenters. The monoisotopic (exact) mass is 364 g/mol. The molecular formula is C19H19F3N2O2. The predicted molar refractivity (Wildman–Crippen MR) is 90.7 cm³/mol. The standard InChI is InChI=1S/C19H19F3N2O2/c1-18(2)7-5-13-9-11(3-4-14(13)16(18)24-17(25)26)12-6-8-23-15(10-12)19(20,21)22/h3-4,6,8-10,16,24H,5,7H2,1-2H3,(H,25,26). The number of aromatic nitrogens is 1. The van der Waals surface area contributed by atoms with Gasteiger partial charge in [-0.1, -0.05) is 32.0 Å². The van der Waals surface area contributed by atoms with Crippen LogP contribution in [0.1, 0.15) is 43.1 Å². The van der Waals surface area contributed by atoms with Gasteiger partial charge in [-0.3, -0.25) is 4.98 Å². The van der Waals surface area contributed by atoms with Crippen molar-refractivity contribution in [3.63, 3.8) is 0 Å². The number of pyridine rings is 1. The fraction of sp³-hybridized carbons (Fsp3) is 0.368. The average Bonchev–Trinajstić information content (AvgIpc) is 2.56. The molecule has 2 N–H and O–H groups in total. The summed E-state index contributed by atoms with van der Waals surface area (Å²) in [6.07, 6.45) is -2.92. The van der Waals surface area contributed by atoms with Crippen molar-refractivity contribution in [2.24, 2.45) is 5.41 Å². The van der Waals surface area contributed by atoms with Gasteiger partial charge in [-0.25, -0.2) is 4.79 Å². The smallest absolute Gasteiger partial charge is 0.433 e. The number of aryl methyl sites for hydroxylation is 1. The van der Waals surface area contributed by atoms with Crippen LogP contribution in [0.3, 0.4) is 0 Å². The van der Waals surface area contributed by atoms with Crippen molar-refractivity contribution in [3.05, 3.63) is 53.3 Å². The van der Waals surface area contributed by atoms with Gasteiger partial charge >= 0.3 is 12.3 Å². The molecule has 138 valence electrons. The number of nitrogens with zero attached hydrogens (tertiary/aromatic N) is 1. The summed E-state index contributed by atoms with van der Waals surface area (Å²) in [6.45, 7) is 4.01. The van der Waals surface area contributed by atoms with Crippen LogP contribution < -0.4 is 5.32 Å². The first-order valence-electron chi connectivity index (χ1n) is 8.24. The van der Waals surface area contributed by atoms with Crippen LogP contribution in [0.2, 0.25) is 0 Å². The largest absolute Gasteiger partial charge is 0.465 e. The van der Waals surface area contributed by atoms with Crippen molar-refractivity contribution < 1.29 is 23.1 Å². The number of hydrogen-bond donors (Lipinski definition) is 2. The second kappa shape index (κ2) is 6.30. The van der Waals surface area contributed by atoms with Crippen LogP contribution >= 0.6 is 0 Å². The summed E-state index contributed by atoms with van der Waals surface area (Å²) in [5.74, 6) is 0. The van der Waals surface area contributed by atoms with Crippen molar-refractivity contribution >= 4 is 6.09 Å². The molecule has 7 heteroatoms. The lowest BCUT2D eigenvalue weighted by Gasteiger charge is -2.40.